The van der Waals surface area contributed by atoms with Crippen LogP contribution >= 0.6 is 0 Å². The minimum absolute atomic E-state index is 0.169. The van der Waals surface area contributed by atoms with Crippen molar-refractivity contribution < 1.29 is 9.32 Å². The van der Waals surface area contributed by atoms with E-state index in [0.29, 0.717) is 35.0 Å². The molecule has 2 heterocycles. The van der Waals surface area contributed by atoms with Gasteiger partial charge in [0.1, 0.15) is 23.1 Å². The van der Waals surface area contributed by atoms with Gasteiger partial charge in [-0.05, 0) is 26.7 Å². The Labute approximate surface area is 115 Å². The normalized spacial score (nSPS) is 14.1. The molecule has 0 saturated heterocycles. The number of amides is 1. The van der Waals surface area contributed by atoms with E-state index in [9.17, 15) is 4.79 Å². The number of nitrogens with zero attached hydrogens (tertiary/aromatic N) is 3. The molecule has 1 fully saturated rings. The maximum Gasteiger partial charge on any atom is 0.270 e. The summed E-state index contributed by atoms with van der Waals surface area (Å²) in [7, 11) is 0. The maximum atomic E-state index is 12.0. The zero-order valence-electron chi connectivity index (χ0n) is 11.3. The summed E-state index contributed by atoms with van der Waals surface area (Å²) in [5.41, 5.74) is 0.354. The molecular formula is C13H15N5O2. The summed E-state index contributed by atoms with van der Waals surface area (Å²) >= 11 is 0. The van der Waals surface area contributed by atoms with Crippen molar-refractivity contribution in [2.75, 3.05) is 5.32 Å². The molecule has 0 spiro atoms. The van der Waals surface area contributed by atoms with Crippen LogP contribution in [0.2, 0.25) is 0 Å². The van der Waals surface area contributed by atoms with E-state index in [-0.39, 0.29) is 5.91 Å². The van der Waals surface area contributed by atoms with Gasteiger partial charge in [0.15, 0.2) is 5.82 Å². The lowest BCUT2D eigenvalue weighted by Crippen LogP contribution is -2.26. The Morgan fingerprint density at radius 3 is 2.70 bits per heavy atom. The first-order chi connectivity index (χ1) is 9.60. The van der Waals surface area contributed by atoms with Crippen LogP contribution in [0.4, 0.5) is 11.6 Å². The van der Waals surface area contributed by atoms with E-state index < -0.39 is 0 Å². The summed E-state index contributed by atoms with van der Waals surface area (Å²) in [6.45, 7) is 3.55. The first-order valence-corrected chi connectivity index (χ1v) is 6.47. The van der Waals surface area contributed by atoms with Gasteiger partial charge in [-0.1, -0.05) is 5.16 Å². The predicted molar refractivity (Wildman–Crippen MR) is 71.8 cm³/mol. The van der Waals surface area contributed by atoms with E-state index in [2.05, 4.69) is 25.8 Å². The molecule has 1 amide bonds. The lowest BCUT2D eigenvalue weighted by atomic mass is 10.3. The van der Waals surface area contributed by atoms with Gasteiger partial charge in [-0.3, -0.25) is 4.79 Å². The molecule has 3 rings (SSSR count). The number of nitrogens with one attached hydrogen (secondary N) is 2. The quantitative estimate of drug-likeness (QED) is 0.881. The van der Waals surface area contributed by atoms with Crippen molar-refractivity contribution in [3.63, 3.8) is 0 Å². The smallest absolute Gasteiger partial charge is 0.270 e. The van der Waals surface area contributed by atoms with Gasteiger partial charge in [0.05, 0.1) is 0 Å². The second-order valence-corrected chi connectivity index (χ2v) is 4.88. The molecule has 7 nitrogen and oxygen atoms in total. The van der Waals surface area contributed by atoms with Crippen molar-refractivity contribution in [3.8, 4) is 0 Å². The van der Waals surface area contributed by atoms with E-state index in [0.717, 1.165) is 12.8 Å². The standard InChI is InChI=1S/C13H15N5O2/c1-7-5-12(18-20-7)17-11-6-10(14-8(2)15-11)13(19)16-9-3-4-9/h5-6,9H,3-4H2,1-2H3,(H,16,19)(H,14,15,17,18). The molecule has 2 aromatic heterocycles. The van der Waals surface area contributed by atoms with Gasteiger partial charge in [0.25, 0.3) is 5.91 Å². The van der Waals surface area contributed by atoms with Crippen LogP contribution in [-0.2, 0) is 0 Å². The Bertz CT molecular complexity index is 648. The second-order valence-electron chi connectivity index (χ2n) is 4.88. The van der Waals surface area contributed by atoms with E-state index in [1.165, 1.54) is 0 Å². The summed E-state index contributed by atoms with van der Waals surface area (Å²) in [6, 6.07) is 3.66. The molecule has 0 aliphatic heterocycles. The molecule has 0 unspecified atom stereocenters. The highest BCUT2D eigenvalue weighted by molar-refractivity contribution is 5.93. The topological polar surface area (TPSA) is 92.9 Å². The number of carbonyl (C=O) groups excluding carboxylic acids is 1. The molecule has 2 aromatic rings. The van der Waals surface area contributed by atoms with Gasteiger partial charge in [-0.15, -0.1) is 0 Å². The number of anilines is 2. The summed E-state index contributed by atoms with van der Waals surface area (Å²) < 4.78 is 4.97. The molecule has 0 radical (unpaired) electrons. The van der Waals surface area contributed by atoms with Crippen molar-refractivity contribution in [1.29, 1.82) is 0 Å². The molecule has 0 atom stereocenters. The summed E-state index contributed by atoms with van der Waals surface area (Å²) in [5.74, 6) is 2.12. The predicted octanol–water partition coefficient (Wildman–Crippen LogP) is 1.72. The van der Waals surface area contributed by atoms with Crippen LogP contribution in [0.15, 0.2) is 16.7 Å². The zero-order chi connectivity index (χ0) is 14.1. The van der Waals surface area contributed by atoms with Crippen molar-refractivity contribution in [2.45, 2.75) is 32.7 Å². The Balaban J connectivity index is 1.80. The molecule has 1 saturated carbocycles. The van der Waals surface area contributed by atoms with Crippen molar-refractivity contribution in [2.24, 2.45) is 0 Å². The molecule has 1 aliphatic rings. The third-order valence-corrected chi connectivity index (χ3v) is 2.87. The van der Waals surface area contributed by atoms with Gasteiger partial charge in [-0.25, -0.2) is 9.97 Å². The molecule has 2 N–H and O–H groups in total. The van der Waals surface area contributed by atoms with Crippen molar-refractivity contribution in [1.82, 2.24) is 20.4 Å². The number of aryl methyl sites for hydroxylation is 2. The zero-order valence-corrected chi connectivity index (χ0v) is 11.3. The van der Waals surface area contributed by atoms with Crippen molar-refractivity contribution in [3.05, 3.63) is 29.4 Å². The largest absolute Gasteiger partial charge is 0.360 e. The third kappa shape index (κ3) is 2.93. The average molecular weight is 273 g/mol. The lowest BCUT2D eigenvalue weighted by Gasteiger charge is -2.06. The highest BCUT2D eigenvalue weighted by Crippen LogP contribution is 2.20. The Hall–Kier alpha value is -2.44. The molecule has 104 valence electrons. The monoisotopic (exact) mass is 273 g/mol. The third-order valence-electron chi connectivity index (χ3n) is 2.87. The van der Waals surface area contributed by atoms with Gasteiger partial charge >= 0.3 is 0 Å². The highest BCUT2D eigenvalue weighted by Gasteiger charge is 2.24. The fourth-order valence-electron chi connectivity index (χ4n) is 1.79. The van der Waals surface area contributed by atoms with Crippen LogP contribution < -0.4 is 10.6 Å². The van der Waals surface area contributed by atoms with Crippen LogP contribution in [0.1, 0.15) is 34.9 Å². The number of carbonyl (C=O) groups is 1. The molecular weight excluding hydrogens is 258 g/mol. The van der Waals surface area contributed by atoms with Gasteiger partial charge in [0, 0.05) is 18.2 Å². The Kier molecular flexibility index (Phi) is 3.09. The molecule has 1 aliphatic carbocycles. The van der Waals surface area contributed by atoms with E-state index in [4.69, 9.17) is 4.52 Å². The number of hydrogen-bond acceptors (Lipinski definition) is 6. The van der Waals surface area contributed by atoms with E-state index in [1.54, 1.807) is 26.0 Å². The molecule has 7 heteroatoms. The number of hydrogen-bond donors (Lipinski definition) is 2. The summed E-state index contributed by atoms with van der Waals surface area (Å²) in [5, 5.41) is 9.72. The van der Waals surface area contributed by atoms with Crippen LogP contribution in [0.3, 0.4) is 0 Å². The van der Waals surface area contributed by atoms with E-state index >= 15 is 0 Å². The molecule has 20 heavy (non-hydrogen) atoms. The average Bonchev–Trinajstić information content (AvgIpc) is 3.11. The summed E-state index contributed by atoms with van der Waals surface area (Å²) in [6.07, 6.45) is 2.08. The van der Waals surface area contributed by atoms with Crippen LogP contribution in [0, 0.1) is 13.8 Å². The Morgan fingerprint density at radius 1 is 1.25 bits per heavy atom. The van der Waals surface area contributed by atoms with Crippen LogP contribution in [0.5, 0.6) is 0 Å². The highest BCUT2D eigenvalue weighted by atomic mass is 16.5. The van der Waals surface area contributed by atoms with Gasteiger partial charge in [0.2, 0.25) is 0 Å². The van der Waals surface area contributed by atoms with Crippen LogP contribution in [-0.4, -0.2) is 27.1 Å². The van der Waals surface area contributed by atoms with Gasteiger partial charge in [-0.2, -0.15) is 0 Å². The van der Waals surface area contributed by atoms with E-state index in [1.807, 2.05) is 0 Å². The molecule has 0 bridgehead atoms. The SMILES string of the molecule is Cc1nc(Nc2cc(C)on2)cc(C(=O)NC2CC2)n1. The van der Waals surface area contributed by atoms with Crippen molar-refractivity contribution >= 4 is 17.5 Å². The second kappa shape index (κ2) is 4.92. The van der Waals surface area contributed by atoms with Gasteiger partial charge < -0.3 is 15.2 Å². The number of rotatable bonds is 4. The minimum Gasteiger partial charge on any atom is -0.360 e. The maximum absolute atomic E-state index is 12.0. The first kappa shape index (κ1) is 12.6. The Morgan fingerprint density at radius 2 is 2.05 bits per heavy atom. The number of aromatic nitrogens is 3. The van der Waals surface area contributed by atoms with Crippen LogP contribution in [0.25, 0.3) is 0 Å². The fraction of sp³-hybridized carbons (Fsp3) is 0.385. The first-order valence-electron chi connectivity index (χ1n) is 6.47. The summed E-state index contributed by atoms with van der Waals surface area (Å²) in [4.78, 5) is 20.4. The molecule has 0 aromatic carbocycles. The fourth-order valence-corrected chi connectivity index (χ4v) is 1.79. The minimum atomic E-state index is -0.169. The lowest BCUT2D eigenvalue weighted by molar-refractivity contribution is 0.0945.